The van der Waals surface area contributed by atoms with Crippen LogP contribution in [0.25, 0.3) is 0 Å². The van der Waals surface area contributed by atoms with Crippen molar-refractivity contribution in [2.24, 2.45) is 0 Å². The Kier molecular flexibility index (Phi) is 3.54. The maximum atomic E-state index is 10.1. The van der Waals surface area contributed by atoms with E-state index in [4.69, 9.17) is 15.0 Å². The Balaban J connectivity index is 3.71. The molecule has 10 heavy (non-hydrogen) atoms. The van der Waals surface area contributed by atoms with Crippen LogP contribution in [0.5, 0.6) is 0 Å². The topological polar surface area (TPSA) is 90.5 Å². The van der Waals surface area contributed by atoms with Gasteiger partial charge in [-0.2, -0.15) is 5.26 Å². The normalized spacial score (nSPS) is 14.2. The molecular weight excluding hydrogens is 157 g/mol. The Morgan fingerprint density at radius 1 is 1.80 bits per heavy atom. The second kappa shape index (κ2) is 3.69. The van der Waals surface area contributed by atoms with E-state index in [-0.39, 0.29) is 6.42 Å². The molecular formula is C4H8NO4P. The summed E-state index contributed by atoms with van der Waals surface area (Å²) >= 11 is 0. The molecule has 58 valence electrons. The van der Waals surface area contributed by atoms with Crippen LogP contribution in [0, 0.1) is 11.3 Å². The molecule has 0 aromatic carbocycles. The van der Waals surface area contributed by atoms with Crippen molar-refractivity contribution in [1.82, 2.24) is 0 Å². The highest BCUT2D eigenvalue weighted by Crippen LogP contribution is 2.37. The van der Waals surface area contributed by atoms with Gasteiger partial charge in [0.1, 0.15) is 0 Å². The summed E-state index contributed by atoms with van der Waals surface area (Å²) in [6, 6.07) is 1.72. The smallest absolute Gasteiger partial charge is 0.303 e. The Labute approximate surface area is 58.5 Å². The molecule has 0 aromatic rings. The highest BCUT2D eigenvalue weighted by atomic mass is 31.2. The van der Waals surface area contributed by atoms with E-state index in [1.54, 1.807) is 6.07 Å². The van der Waals surface area contributed by atoms with Crippen LogP contribution in [-0.2, 0) is 9.09 Å². The molecule has 5 nitrogen and oxygen atoms in total. The first-order valence-corrected chi connectivity index (χ1v) is 4.09. The molecule has 0 aliphatic heterocycles. The second-order valence-corrected chi connectivity index (χ2v) is 2.96. The number of nitrogens with zero attached hydrogens (tertiary/aromatic N) is 1. The van der Waals surface area contributed by atoms with Gasteiger partial charge in [-0.1, -0.05) is 0 Å². The quantitative estimate of drug-likeness (QED) is 0.590. The molecule has 0 aromatic heterocycles. The lowest BCUT2D eigenvalue weighted by Crippen LogP contribution is -2.04. The molecule has 0 heterocycles. The molecule has 0 rings (SSSR count). The maximum absolute atomic E-state index is 10.1. The van der Waals surface area contributed by atoms with E-state index in [0.717, 1.165) is 0 Å². The third-order valence-electron chi connectivity index (χ3n) is 0.696. The highest BCUT2D eigenvalue weighted by molar-refractivity contribution is 7.46. The van der Waals surface area contributed by atoms with Crippen LogP contribution in [0.15, 0.2) is 0 Å². The van der Waals surface area contributed by atoms with Crippen LogP contribution in [-0.4, -0.2) is 15.9 Å². The lowest BCUT2D eigenvalue weighted by atomic mass is 10.3. The first-order valence-electron chi connectivity index (χ1n) is 2.56. The first kappa shape index (κ1) is 9.60. The third kappa shape index (κ3) is 5.73. The van der Waals surface area contributed by atoms with Crippen molar-refractivity contribution < 1.29 is 18.9 Å². The number of hydrogen-bond acceptors (Lipinski definition) is 3. The molecule has 0 saturated heterocycles. The zero-order valence-electron chi connectivity index (χ0n) is 5.39. The number of phosphoric ester groups is 1. The van der Waals surface area contributed by atoms with E-state index in [2.05, 4.69) is 4.52 Å². The molecule has 0 spiro atoms. The Hall–Kier alpha value is -0.400. The average Bonchev–Trinajstić information content (AvgIpc) is 1.59. The molecule has 1 atom stereocenters. The minimum atomic E-state index is -4.40. The van der Waals surface area contributed by atoms with Gasteiger partial charge in [0.25, 0.3) is 0 Å². The summed E-state index contributed by atoms with van der Waals surface area (Å²) < 4.78 is 14.2. The monoisotopic (exact) mass is 165 g/mol. The van der Waals surface area contributed by atoms with Crippen LogP contribution in [0.4, 0.5) is 0 Å². The molecule has 6 heteroatoms. The van der Waals surface area contributed by atoms with Gasteiger partial charge < -0.3 is 9.79 Å². The number of nitriles is 1. The number of phosphoric acid groups is 1. The van der Waals surface area contributed by atoms with Gasteiger partial charge in [0, 0.05) is 0 Å². The number of rotatable bonds is 3. The standard InChI is InChI=1S/C4H8NO4P/c1-4(2-3-5)9-10(6,7)8/h4H,2H2,1H3,(H2,6,7,8). The highest BCUT2D eigenvalue weighted by Gasteiger charge is 2.17. The van der Waals surface area contributed by atoms with Crippen molar-refractivity contribution in [3.8, 4) is 6.07 Å². The zero-order chi connectivity index (χ0) is 8.20. The summed E-state index contributed by atoms with van der Waals surface area (Å²) in [6.45, 7) is 1.42. The largest absolute Gasteiger partial charge is 0.469 e. The molecule has 0 fully saturated rings. The molecule has 0 bridgehead atoms. The van der Waals surface area contributed by atoms with E-state index in [9.17, 15) is 4.57 Å². The van der Waals surface area contributed by atoms with Crippen LogP contribution >= 0.6 is 7.82 Å². The lowest BCUT2D eigenvalue weighted by Gasteiger charge is -2.08. The molecule has 0 saturated carbocycles. The molecule has 1 unspecified atom stereocenters. The fourth-order valence-corrected chi connectivity index (χ4v) is 0.944. The van der Waals surface area contributed by atoms with Crippen molar-refractivity contribution in [1.29, 1.82) is 5.26 Å². The van der Waals surface area contributed by atoms with Gasteiger partial charge in [-0.15, -0.1) is 0 Å². The summed E-state index contributed by atoms with van der Waals surface area (Å²) in [4.78, 5) is 16.4. The number of hydrogen-bond donors (Lipinski definition) is 2. The lowest BCUT2D eigenvalue weighted by molar-refractivity contribution is 0.147. The fraction of sp³-hybridized carbons (Fsp3) is 0.750. The van der Waals surface area contributed by atoms with Gasteiger partial charge in [0.15, 0.2) is 0 Å². The molecule has 0 radical (unpaired) electrons. The minimum Gasteiger partial charge on any atom is -0.303 e. The van der Waals surface area contributed by atoms with Gasteiger partial charge >= 0.3 is 7.82 Å². The van der Waals surface area contributed by atoms with Crippen molar-refractivity contribution >= 4 is 7.82 Å². The van der Waals surface area contributed by atoms with Crippen LogP contribution < -0.4 is 0 Å². The Morgan fingerprint density at radius 2 is 2.30 bits per heavy atom. The summed E-state index contributed by atoms with van der Waals surface area (Å²) in [5.74, 6) is 0. The van der Waals surface area contributed by atoms with E-state index < -0.39 is 13.9 Å². The average molecular weight is 165 g/mol. The van der Waals surface area contributed by atoms with Crippen LogP contribution in [0.1, 0.15) is 13.3 Å². The summed E-state index contributed by atoms with van der Waals surface area (Å²) in [7, 11) is -4.40. The van der Waals surface area contributed by atoms with Crippen molar-refractivity contribution in [2.75, 3.05) is 0 Å². The van der Waals surface area contributed by atoms with Crippen LogP contribution in [0.2, 0.25) is 0 Å². The summed E-state index contributed by atoms with van der Waals surface area (Å²) in [6.07, 6.45) is -0.740. The zero-order valence-corrected chi connectivity index (χ0v) is 6.28. The Bertz CT molecular complexity index is 180. The van der Waals surface area contributed by atoms with Crippen molar-refractivity contribution in [3.05, 3.63) is 0 Å². The van der Waals surface area contributed by atoms with E-state index in [1.807, 2.05) is 0 Å². The van der Waals surface area contributed by atoms with E-state index in [1.165, 1.54) is 6.92 Å². The minimum absolute atomic E-state index is 0.0227. The van der Waals surface area contributed by atoms with Gasteiger partial charge in [-0.25, -0.2) is 4.57 Å². The molecule has 0 amide bonds. The van der Waals surface area contributed by atoms with E-state index in [0.29, 0.717) is 0 Å². The van der Waals surface area contributed by atoms with Gasteiger partial charge in [-0.05, 0) is 6.92 Å². The van der Waals surface area contributed by atoms with Gasteiger partial charge in [0.05, 0.1) is 18.6 Å². The van der Waals surface area contributed by atoms with Crippen molar-refractivity contribution in [2.45, 2.75) is 19.4 Å². The molecule has 2 N–H and O–H groups in total. The summed E-state index contributed by atoms with van der Waals surface area (Å²) in [5, 5.41) is 8.05. The predicted molar refractivity (Wildman–Crippen MR) is 32.8 cm³/mol. The molecule has 0 aliphatic rings. The fourth-order valence-electron chi connectivity index (χ4n) is 0.400. The SMILES string of the molecule is CC(CC#N)OP(=O)(O)O. The van der Waals surface area contributed by atoms with Crippen molar-refractivity contribution in [3.63, 3.8) is 0 Å². The summed E-state index contributed by atoms with van der Waals surface area (Å²) in [5.41, 5.74) is 0. The predicted octanol–water partition coefficient (Wildman–Crippen LogP) is 0.398. The Morgan fingerprint density at radius 3 is 2.60 bits per heavy atom. The van der Waals surface area contributed by atoms with Gasteiger partial charge in [-0.3, -0.25) is 4.52 Å². The van der Waals surface area contributed by atoms with Crippen LogP contribution in [0.3, 0.4) is 0 Å². The second-order valence-electron chi connectivity index (χ2n) is 1.77. The first-order chi connectivity index (χ1) is 4.45. The maximum Gasteiger partial charge on any atom is 0.469 e. The third-order valence-corrected chi connectivity index (χ3v) is 1.33. The van der Waals surface area contributed by atoms with Gasteiger partial charge in [0.2, 0.25) is 0 Å². The van der Waals surface area contributed by atoms with E-state index >= 15 is 0 Å². The molecule has 0 aliphatic carbocycles.